The number of nitrogens with zero attached hydrogens (tertiary/aromatic N) is 1. The summed E-state index contributed by atoms with van der Waals surface area (Å²) in [4.78, 5) is 4.89. The molecule has 0 aliphatic carbocycles. The van der Waals surface area contributed by atoms with Crippen molar-refractivity contribution in [3.8, 4) is 0 Å². The summed E-state index contributed by atoms with van der Waals surface area (Å²) in [5.74, 6) is 1.08. The third-order valence-electron chi connectivity index (χ3n) is 3.45. The van der Waals surface area contributed by atoms with Gasteiger partial charge in [0.05, 0.1) is 5.52 Å². The summed E-state index contributed by atoms with van der Waals surface area (Å²) in [7, 11) is 0. The Hall–Kier alpha value is -1.57. The van der Waals surface area contributed by atoms with Crippen molar-refractivity contribution in [1.82, 2.24) is 4.98 Å². The summed E-state index contributed by atoms with van der Waals surface area (Å²) in [6, 6.07) is 8.80. The molecule has 1 N–H and O–H groups in total. The van der Waals surface area contributed by atoms with E-state index in [4.69, 9.17) is 4.98 Å². The molecule has 2 aromatic rings. The number of rotatable bonds is 6. The number of fused-ring (bicyclic) bond motifs is 1. The highest BCUT2D eigenvalue weighted by Crippen LogP contribution is 2.24. The molecule has 0 spiro atoms. The van der Waals surface area contributed by atoms with Gasteiger partial charge in [-0.05, 0) is 36.5 Å². The minimum atomic E-state index is 0.990. The SMILES string of the molecule is CCCNc1nc2c(CC)cccc2cc1CCC. The monoisotopic (exact) mass is 256 g/mol. The van der Waals surface area contributed by atoms with Gasteiger partial charge in [0.1, 0.15) is 5.82 Å². The van der Waals surface area contributed by atoms with Gasteiger partial charge >= 0.3 is 0 Å². The maximum absolute atomic E-state index is 4.89. The van der Waals surface area contributed by atoms with Gasteiger partial charge in [0.15, 0.2) is 0 Å². The van der Waals surface area contributed by atoms with E-state index in [0.29, 0.717) is 0 Å². The maximum atomic E-state index is 4.89. The first-order valence-corrected chi connectivity index (χ1v) is 7.45. The fourth-order valence-electron chi connectivity index (χ4n) is 2.45. The van der Waals surface area contributed by atoms with Crippen molar-refractivity contribution < 1.29 is 0 Å². The van der Waals surface area contributed by atoms with E-state index in [0.717, 1.165) is 43.6 Å². The molecule has 2 rings (SSSR count). The van der Waals surface area contributed by atoms with E-state index in [1.165, 1.54) is 16.5 Å². The van der Waals surface area contributed by atoms with Gasteiger partial charge in [0.2, 0.25) is 0 Å². The van der Waals surface area contributed by atoms with Crippen LogP contribution < -0.4 is 5.32 Å². The lowest BCUT2D eigenvalue weighted by Gasteiger charge is -2.13. The Kier molecular flexibility index (Phi) is 4.78. The largest absolute Gasteiger partial charge is 0.370 e. The zero-order valence-electron chi connectivity index (χ0n) is 12.3. The van der Waals surface area contributed by atoms with Gasteiger partial charge in [0.25, 0.3) is 0 Å². The molecule has 1 aromatic carbocycles. The summed E-state index contributed by atoms with van der Waals surface area (Å²) >= 11 is 0. The van der Waals surface area contributed by atoms with Crippen LogP contribution in [0, 0.1) is 0 Å². The van der Waals surface area contributed by atoms with Gasteiger partial charge in [-0.15, -0.1) is 0 Å². The Bertz CT molecular complexity index is 546. The van der Waals surface area contributed by atoms with Crippen LogP contribution in [-0.2, 0) is 12.8 Å². The predicted octanol–water partition coefficient (Wildman–Crippen LogP) is 4.57. The Balaban J connectivity index is 2.52. The molecule has 1 heterocycles. The normalized spacial score (nSPS) is 10.9. The smallest absolute Gasteiger partial charge is 0.129 e. The van der Waals surface area contributed by atoms with Crippen molar-refractivity contribution in [2.75, 3.05) is 11.9 Å². The molecule has 2 heteroatoms. The van der Waals surface area contributed by atoms with Crippen LogP contribution in [0.15, 0.2) is 24.3 Å². The summed E-state index contributed by atoms with van der Waals surface area (Å²) < 4.78 is 0. The quantitative estimate of drug-likeness (QED) is 0.818. The lowest BCUT2D eigenvalue weighted by molar-refractivity contribution is 0.905. The average Bonchev–Trinajstić information content (AvgIpc) is 2.44. The molecule has 0 saturated carbocycles. The van der Waals surface area contributed by atoms with Crippen LogP contribution in [0.4, 0.5) is 5.82 Å². The number of anilines is 1. The first kappa shape index (κ1) is 13.9. The van der Waals surface area contributed by atoms with Crippen molar-refractivity contribution in [3.05, 3.63) is 35.4 Å². The Morgan fingerprint density at radius 3 is 2.58 bits per heavy atom. The highest BCUT2D eigenvalue weighted by molar-refractivity contribution is 5.84. The number of pyridine rings is 1. The van der Waals surface area contributed by atoms with Crippen LogP contribution in [-0.4, -0.2) is 11.5 Å². The Labute approximate surface area is 116 Å². The summed E-state index contributed by atoms with van der Waals surface area (Å²) in [5.41, 5.74) is 3.83. The molecule has 19 heavy (non-hydrogen) atoms. The van der Waals surface area contributed by atoms with Crippen molar-refractivity contribution >= 4 is 16.7 Å². The van der Waals surface area contributed by atoms with E-state index in [2.05, 4.69) is 50.4 Å². The number of nitrogens with one attached hydrogen (secondary N) is 1. The molecule has 102 valence electrons. The fraction of sp³-hybridized carbons (Fsp3) is 0.471. The van der Waals surface area contributed by atoms with Crippen molar-refractivity contribution in [2.24, 2.45) is 0 Å². The second-order valence-electron chi connectivity index (χ2n) is 5.02. The lowest BCUT2D eigenvalue weighted by Crippen LogP contribution is -2.06. The van der Waals surface area contributed by atoms with E-state index < -0.39 is 0 Å². The number of hydrogen-bond acceptors (Lipinski definition) is 2. The van der Waals surface area contributed by atoms with E-state index >= 15 is 0 Å². The van der Waals surface area contributed by atoms with Crippen molar-refractivity contribution in [2.45, 2.75) is 46.5 Å². The van der Waals surface area contributed by atoms with E-state index in [9.17, 15) is 0 Å². The van der Waals surface area contributed by atoms with Crippen LogP contribution in [0.3, 0.4) is 0 Å². The Morgan fingerprint density at radius 1 is 1.05 bits per heavy atom. The standard InChI is InChI=1S/C17H24N2/c1-4-8-15-12-14-10-7-9-13(6-3)16(14)19-17(15)18-11-5-2/h7,9-10,12H,4-6,8,11H2,1-3H3,(H,18,19). The zero-order valence-corrected chi connectivity index (χ0v) is 12.3. The molecule has 0 atom stereocenters. The molecule has 0 radical (unpaired) electrons. The number of hydrogen-bond donors (Lipinski definition) is 1. The lowest BCUT2D eigenvalue weighted by atomic mass is 10.0. The van der Waals surface area contributed by atoms with E-state index in [-0.39, 0.29) is 0 Å². The molecule has 0 amide bonds. The van der Waals surface area contributed by atoms with Crippen LogP contribution in [0.2, 0.25) is 0 Å². The molecule has 1 aromatic heterocycles. The predicted molar refractivity (Wildman–Crippen MR) is 83.9 cm³/mol. The van der Waals surface area contributed by atoms with E-state index in [1.807, 2.05) is 0 Å². The Morgan fingerprint density at radius 2 is 1.89 bits per heavy atom. The number of para-hydroxylation sites is 1. The third kappa shape index (κ3) is 3.06. The molecule has 0 saturated heterocycles. The molecule has 0 aliphatic rings. The van der Waals surface area contributed by atoms with Crippen molar-refractivity contribution in [3.63, 3.8) is 0 Å². The van der Waals surface area contributed by atoms with Crippen molar-refractivity contribution in [1.29, 1.82) is 0 Å². The zero-order chi connectivity index (χ0) is 13.7. The minimum absolute atomic E-state index is 0.990. The topological polar surface area (TPSA) is 24.9 Å². The van der Waals surface area contributed by atoms with Gasteiger partial charge in [0, 0.05) is 11.9 Å². The average molecular weight is 256 g/mol. The van der Waals surface area contributed by atoms with Gasteiger partial charge < -0.3 is 5.32 Å². The van der Waals surface area contributed by atoms with Crippen LogP contribution in [0.5, 0.6) is 0 Å². The molecule has 0 fully saturated rings. The highest BCUT2D eigenvalue weighted by atomic mass is 15.0. The van der Waals surface area contributed by atoms with Gasteiger partial charge in [-0.3, -0.25) is 0 Å². The minimum Gasteiger partial charge on any atom is -0.370 e. The molecule has 2 nitrogen and oxygen atoms in total. The van der Waals surface area contributed by atoms with E-state index in [1.54, 1.807) is 0 Å². The third-order valence-corrected chi connectivity index (χ3v) is 3.45. The van der Waals surface area contributed by atoms with Crippen LogP contribution in [0.1, 0.15) is 44.7 Å². The van der Waals surface area contributed by atoms with Crippen LogP contribution in [0.25, 0.3) is 10.9 Å². The maximum Gasteiger partial charge on any atom is 0.129 e. The molecule has 0 aliphatic heterocycles. The molecule has 0 bridgehead atoms. The summed E-state index contributed by atoms with van der Waals surface area (Å²) in [6.45, 7) is 7.58. The molecular weight excluding hydrogens is 232 g/mol. The second kappa shape index (κ2) is 6.55. The molecular formula is C17H24N2. The number of benzene rings is 1. The highest BCUT2D eigenvalue weighted by Gasteiger charge is 2.08. The van der Waals surface area contributed by atoms with Gasteiger partial charge in [-0.1, -0.05) is 45.4 Å². The molecule has 0 unspecified atom stereocenters. The first-order chi connectivity index (χ1) is 9.30. The van der Waals surface area contributed by atoms with Crippen LogP contribution >= 0.6 is 0 Å². The first-order valence-electron chi connectivity index (χ1n) is 7.45. The fourth-order valence-corrected chi connectivity index (χ4v) is 2.45. The number of aryl methyl sites for hydroxylation is 2. The van der Waals surface area contributed by atoms with Gasteiger partial charge in [-0.2, -0.15) is 0 Å². The summed E-state index contributed by atoms with van der Waals surface area (Å²) in [5, 5.41) is 4.75. The summed E-state index contributed by atoms with van der Waals surface area (Å²) in [6.07, 6.45) is 4.40. The second-order valence-corrected chi connectivity index (χ2v) is 5.02. The van der Waals surface area contributed by atoms with Gasteiger partial charge in [-0.25, -0.2) is 4.98 Å². The number of aromatic nitrogens is 1.